The lowest BCUT2D eigenvalue weighted by molar-refractivity contribution is -0.132. The summed E-state index contributed by atoms with van der Waals surface area (Å²) in [5, 5.41) is 13.0. The zero-order valence-electron chi connectivity index (χ0n) is 15.7. The molecule has 1 saturated heterocycles. The van der Waals surface area contributed by atoms with Crippen molar-refractivity contribution < 1.29 is 19.1 Å². The van der Waals surface area contributed by atoms with Crippen LogP contribution < -0.4 is 4.90 Å². The molecule has 1 fully saturated rings. The third kappa shape index (κ3) is 3.13. The van der Waals surface area contributed by atoms with Crippen molar-refractivity contribution in [2.75, 3.05) is 4.90 Å². The van der Waals surface area contributed by atoms with Crippen molar-refractivity contribution >= 4 is 33.9 Å². The molecule has 2 heterocycles. The van der Waals surface area contributed by atoms with Crippen molar-refractivity contribution in [3.8, 4) is 0 Å². The number of aliphatic hydroxyl groups is 1. The molecule has 1 N–H and O–H groups in total. The highest BCUT2D eigenvalue weighted by molar-refractivity contribution is 7.14. The van der Waals surface area contributed by atoms with Crippen LogP contribution in [0.4, 0.5) is 9.52 Å². The molecule has 4 rings (SSSR count). The predicted molar refractivity (Wildman–Crippen MR) is 109 cm³/mol. The Bertz CT molecular complexity index is 1150. The molecule has 0 spiro atoms. The molecule has 0 saturated carbocycles. The number of nitrogens with zero attached hydrogens (tertiary/aromatic N) is 2. The Hall–Kier alpha value is -3.32. The molecule has 146 valence electrons. The van der Waals surface area contributed by atoms with Gasteiger partial charge in [-0.3, -0.25) is 14.5 Å². The van der Waals surface area contributed by atoms with Crippen molar-refractivity contribution in [2.45, 2.75) is 19.9 Å². The van der Waals surface area contributed by atoms with Gasteiger partial charge in [0.05, 0.1) is 5.57 Å². The van der Waals surface area contributed by atoms with E-state index < -0.39 is 23.5 Å². The molecule has 7 heteroatoms. The topological polar surface area (TPSA) is 70.5 Å². The van der Waals surface area contributed by atoms with Crippen LogP contribution in [0.25, 0.3) is 5.76 Å². The summed E-state index contributed by atoms with van der Waals surface area (Å²) in [7, 11) is 0. The molecule has 1 atom stereocenters. The SMILES string of the molecule is Cc1ccc(C)c(C(O)=C2C(=O)C(=O)N(c3nccs3)C2c2ccccc2F)c1. The second-order valence-electron chi connectivity index (χ2n) is 6.82. The van der Waals surface area contributed by atoms with Crippen molar-refractivity contribution in [2.24, 2.45) is 0 Å². The number of halogens is 1. The van der Waals surface area contributed by atoms with Crippen LogP contribution in [0.15, 0.2) is 59.6 Å². The first kappa shape index (κ1) is 19.0. The third-order valence-corrected chi connectivity index (χ3v) is 5.69. The number of aromatic nitrogens is 1. The van der Waals surface area contributed by atoms with Crippen molar-refractivity contribution in [3.05, 3.63) is 87.7 Å². The van der Waals surface area contributed by atoms with Gasteiger partial charge in [0.15, 0.2) is 5.13 Å². The van der Waals surface area contributed by atoms with Crippen LogP contribution in [0.3, 0.4) is 0 Å². The Kier molecular flexibility index (Phi) is 4.76. The first-order chi connectivity index (χ1) is 13.9. The van der Waals surface area contributed by atoms with E-state index in [-0.39, 0.29) is 22.0 Å². The second-order valence-corrected chi connectivity index (χ2v) is 7.70. The Morgan fingerprint density at radius 2 is 1.93 bits per heavy atom. The van der Waals surface area contributed by atoms with Crippen molar-refractivity contribution in [3.63, 3.8) is 0 Å². The number of hydrogen-bond acceptors (Lipinski definition) is 5. The van der Waals surface area contributed by atoms with E-state index in [1.165, 1.54) is 24.4 Å². The first-order valence-corrected chi connectivity index (χ1v) is 9.80. The van der Waals surface area contributed by atoms with E-state index in [4.69, 9.17) is 0 Å². The third-order valence-electron chi connectivity index (χ3n) is 4.92. The van der Waals surface area contributed by atoms with Gasteiger partial charge >= 0.3 is 5.91 Å². The minimum absolute atomic E-state index is 0.119. The quantitative estimate of drug-likeness (QED) is 0.393. The van der Waals surface area contributed by atoms with E-state index in [9.17, 15) is 19.1 Å². The summed E-state index contributed by atoms with van der Waals surface area (Å²) in [6.07, 6.45) is 1.50. The molecule has 2 aromatic carbocycles. The molecule has 1 unspecified atom stereocenters. The second kappa shape index (κ2) is 7.25. The molecule has 3 aromatic rings. The molecule has 29 heavy (non-hydrogen) atoms. The van der Waals surface area contributed by atoms with Gasteiger partial charge < -0.3 is 5.11 Å². The highest BCUT2D eigenvalue weighted by atomic mass is 32.1. The van der Waals surface area contributed by atoms with E-state index in [1.807, 2.05) is 19.1 Å². The summed E-state index contributed by atoms with van der Waals surface area (Å²) in [5.74, 6) is -2.61. The minimum Gasteiger partial charge on any atom is -0.507 e. The maximum absolute atomic E-state index is 14.7. The molecule has 5 nitrogen and oxygen atoms in total. The monoisotopic (exact) mass is 408 g/mol. The van der Waals surface area contributed by atoms with E-state index >= 15 is 0 Å². The molecule has 1 aromatic heterocycles. The first-order valence-electron chi connectivity index (χ1n) is 8.92. The number of carbonyl (C=O) groups excluding carboxylic acids is 2. The number of anilines is 1. The summed E-state index contributed by atoms with van der Waals surface area (Å²) in [4.78, 5) is 31.1. The normalized spacial score (nSPS) is 18.4. The number of Topliss-reactive ketones (excluding diaryl/α,β-unsaturated/α-hetero) is 1. The molecular weight excluding hydrogens is 391 g/mol. The maximum Gasteiger partial charge on any atom is 0.301 e. The van der Waals surface area contributed by atoms with E-state index in [2.05, 4.69) is 4.98 Å². The molecule has 1 aliphatic heterocycles. The van der Waals surface area contributed by atoms with Crippen molar-refractivity contribution in [1.82, 2.24) is 4.98 Å². The van der Waals surface area contributed by atoms with Crippen LogP contribution in [0, 0.1) is 19.7 Å². The lowest BCUT2D eigenvalue weighted by Gasteiger charge is -2.23. The number of rotatable bonds is 3. The molecule has 1 amide bonds. The van der Waals surface area contributed by atoms with Crippen LogP contribution in [0.5, 0.6) is 0 Å². The lowest BCUT2D eigenvalue weighted by Crippen LogP contribution is -2.29. The van der Waals surface area contributed by atoms with Gasteiger partial charge in [0.2, 0.25) is 0 Å². The fourth-order valence-corrected chi connectivity index (χ4v) is 4.16. The van der Waals surface area contributed by atoms with E-state index in [0.717, 1.165) is 27.4 Å². The van der Waals surface area contributed by atoms with Gasteiger partial charge in [0, 0.05) is 22.7 Å². The molecule has 0 bridgehead atoms. The highest BCUT2D eigenvalue weighted by Crippen LogP contribution is 2.43. The molecule has 0 aliphatic carbocycles. The fourth-order valence-electron chi connectivity index (χ4n) is 3.49. The average molecular weight is 408 g/mol. The van der Waals surface area contributed by atoms with Crippen LogP contribution >= 0.6 is 11.3 Å². The highest BCUT2D eigenvalue weighted by Gasteiger charge is 2.48. The van der Waals surface area contributed by atoms with Crippen LogP contribution in [0.1, 0.15) is 28.3 Å². The summed E-state index contributed by atoms with van der Waals surface area (Å²) in [6, 6.07) is 10.2. The number of aryl methyl sites for hydroxylation is 2. The van der Waals surface area contributed by atoms with Gasteiger partial charge in [-0.2, -0.15) is 0 Å². The summed E-state index contributed by atoms with van der Waals surface area (Å²) >= 11 is 1.16. The Morgan fingerprint density at radius 3 is 2.62 bits per heavy atom. The van der Waals surface area contributed by atoms with Gasteiger partial charge in [0.1, 0.15) is 17.6 Å². The number of hydrogen-bond donors (Lipinski definition) is 1. The number of aliphatic hydroxyl groups excluding tert-OH is 1. The number of thiazole rings is 1. The fraction of sp³-hybridized carbons (Fsp3) is 0.136. The standard InChI is InChI=1S/C22H17FN2O3S/c1-12-7-8-13(2)15(11-12)19(26)17-18(14-5-3-4-6-16(14)23)25(21(28)20(17)27)22-24-9-10-29-22/h3-11,18,26H,1-2H3. The maximum atomic E-state index is 14.7. The zero-order chi connectivity index (χ0) is 20.7. The van der Waals surface area contributed by atoms with E-state index in [0.29, 0.717) is 5.56 Å². The number of benzene rings is 2. The zero-order valence-corrected chi connectivity index (χ0v) is 16.5. The smallest absolute Gasteiger partial charge is 0.301 e. The number of ketones is 1. The number of amides is 1. The van der Waals surface area contributed by atoms with Gasteiger partial charge in [-0.25, -0.2) is 9.37 Å². The predicted octanol–water partition coefficient (Wildman–Crippen LogP) is 4.53. The lowest BCUT2D eigenvalue weighted by atomic mass is 9.93. The molecule has 1 aliphatic rings. The van der Waals surface area contributed by atoms with Crippen LogP contribution in [0.2, 0.25) is 0 Å². The average Bonchev–Trinajstić information content (AvgIpc) is 3.31. The van der Waals surface area contributed by atoms with Gasteiger partial charge in [0.25, 0.3) is 5.78 Å². The van der Waals surface area contributed by atoms with Crippen molar-refractivity contribution in [1.29, 1.82) is 0 Å². The van der Waals surface area contributed by atoms with Crippen LogP contribution in [-0.2, 0) is 9.59 Å². The van der Waals surface area contributed by atoms with E-state index in [1.54, 1.807) is 24.4 Å². The number of carbonyl (C=O) groups is 2. The van der Waals surface area contributed by atoms with Gasteiger partial charge in [-0.1, -0.05) is 35.9 Å². The Balaban J connectivity index is 2.01. The summed E-state index contributed by atoms with van der Waals surface area (Å²) in [5.41, 5.74) is 2.02. The summed E-state index contributed by atoms with van der Waals surface area (Å²) < 4.78 is 14.7. The van der Waals surface area contributed by atoms with Gasteiger partial charge in [-0.15, -0.1) is 11.3 Å². The minimum atomic E-state index is -1.11. The van der Waals surface area contributed by atoms with Crippen LogP contribution in [-0.4, -0.2) is 21.8 Å². The Morgan fingerprint density at radius 1 is 1.17 bits per heavy atom. The molecule has 0 radical (unpaired) electrons. The van der Waals surface area contributed by atoms with Gasteiger partial charge in [-0.05, 0) is 31.5 Å². The largest absolute Gasteiger partial charge is 0.507 e. The molecular formula is C22H17FN2O3S. The Labute approximate surface area is 170 Å². The summed E-state index contributed by atoms with van der Waals surface area (Å²) in [6.45, 7) is 3.65.